The van der Waals surface area contributed by atoms with E-state index in [0.29, 0.717) is 31.2 Å². The molecule has 0 atom stereocenters. The van der Waals surface area contributed by atoms with E-state index in [4.69, 9.17) is 4.74 Å². The number of aromatic nitrogens is 3. The monoisotopic (exact) mass is 370 g/mol. The molecular formula is C17H18N6O4. The number of aromatic amines is 1. The van der Waals surface area contributed by atoms with Gasteiger partial charge in [0.25, 0.3) is 5.91 Å². The van der Waals surface area contributed by atoms with Crippen LogP contribution in [0.2, 0.25) is 0 Å². The van der Waals surface area contributed by atoms with E-state index in [0.717, 1.165) is 21.9 Å². The Morgan fingerprint density at radius 1 is 1.33 bits per heavy atom. The van der Waals surface area contributed by atoms with E-state index in [-0.39, 0.29) is 24.9 Å². The summed E-state index contributed by atoms with van der Waals surface area (Å²) in [6.45, 7) is 0.536. The van der Waals surface area contributed by atoms with E-state index in [1.807, 2.05) is 6.07 Å². The Hall–Kier alpha value is -3.43. The van der Waals surface area contributed by atoms with Gasteiger partial charge in [-0.05, 0) is 6.07 Å². The Morgan fingerprint density at radius 2 is 2.19 bits per heavy atom. The second kappa shape index (κ2) is 6.71. The number of nitrogens with zero attached hydrogens (tertiary/aromatic N) is 4. The first-order chi connectivity index (χ1) is 13.0. The lowest BCUT2D eigenvalue weighted by atomic mass is 10.1. The maximum absolute atomic E-state index is 12.5. The molecule has 1 fully saturated rings. The number of rotatable bonds is 4. The van der Waals surface area contributed by atoms with Crippen LogP contribution in [-0.2, 0) is 22.6 Å². The first kappa shape index (κ1) is 17.0. The zero-order chi connectivity index (χ0) is 19.0. The molecule has 0 bridgehead atoms. The van der Waals surface area contributed by atoms with Crippen LogP contribution in [-0.4, -0.2) is 69.3 Å². The fourth-order valence-electron chi connectivity index (χ4n) is 3.14. The predicted molar refractivity (Wildman–Crippen MR) is 92.6 cm³/mol. The van der Waals surface area contributed by atoms with E-state index in [9.17, 15) is 14.4 Å². The van der Waals surface area contributed by atoms with E-state index < -0.39 is 6.03 Å². The fourth-order valence-corrected chi connectivity index (χ4v) is 3.14. The van der Waals surface area contributed by atoms with Crippen LogP contribution in [0.1, 0.15) is 11.4 Å². The van der Waals surface area contributed by atoms with Crippen LogP contribution in [0.3, 0.4) is 0 Å². The van der Waals surface area contributed by atoms with Crippen LogP contribution in [0.25, 0.3) is 11.4 Å². The predicted octanol–water partition coefficient (Wildman–Crippen LogP) is -0.0832. The van der Waals surface area contributed by atoms with Crippen LogP contribution in [0.5, 0.6) is 5.88 Å². The average molecular weight is 370 g/mol. The Morgan fingerprint density at radius 3 is 2.85 bits per heavy atom. The second-order valence-electron chi connectivity index (χ2n) is 6.30. The Bertz CT molecular complexity index is 891. The topological polar surface area (TPSA) is 121 Å². The van der Waals surface area contributed by atoms with Crippen LogP contribution < -0.4 is 10.1 Å². The molecule has 2 aliphatic heterocycles. The minimum atomic E-state index is -0.526. The number of carbonyl (C=O) groups is 3. The lowest BCUT2D eigenvalue weighted by molar-refractivity contribution is -0.137. The number of fused-ring (bicyclic) bond motifs is 1. The number of amides is 4. The molecule has 4 amide bonds. The van der Waals surface area contributed by atoms with Crippen molar-refractivity contribution < 1.29 is 19.1 Å². The SMILES string of the molecule is COc1ccc(-c2nc3c([nH]2)CN(C(=O)CN2C(=O)CNC2=O)CC3)cn1. The molecule has 140 valence electrons. The van der Waals surface area contributed by atoms with Gasteiger partial charge in [0.05, 0.1) is 31.6 Å². The maximum Gasteiger partial charge on any atom is 0.325 e. The van der Waals surface area contributed by atoms with Gasteiger partial charge in [-0.1, -0.05) is 0 Å². The van der Waals surface area contributed by atoms with Crippen LogP contribution in [0, 0.1) is 0 Å². The highest BCUT2D eigenvalue weighted by molar-refractivity contribution is 6.04. The lowest BCUT2D eigenvalue weighted by Crippen LogP contribution is -2.44. The van der Waals surface area contributed by atoms with Gasteiger partial charge in [-0.25, -0.2) is 14.8 Å². The van der Waals surface area contributed by atoms with Gasteiger partial charge in [0, 0.05) is 30.8 Å². The van der Waals surface area contributed by atoms with Crippen molar-refractivity contribution in [3.8, 4) is 17.3 Å². The van der Waals surface area contributed by atoms with Gasteiger partial charge in [0.15, 0.2) is 0 Å². The molecule has 27 heavy (non-hydrogen) atoms. The highest BCUT2D eigenvalue weighted by Crippen LogP contribution is 2.23. The number of carbonyl (C=O) groups excluding carboxylic acids is 3. The summed E-state index contributed by atoms with van der Waals surface area (Å²) in [5.74, 6) is 0.543. The molecule has 0 spiro atoms. The lowest BCUT2D eigenvalue weighted by Gasteiger charge is -2.27. The van der Waals surface area contributed by atoms with Crippen molar-refractivity contribution in [1.82, 2.24) is 30.1 Å². The minimum absolute atomic E-state index is 0.0595. The van der Waals surface area contributed by atoms with Crippen LogP contribution in [0.15, 0.2) is 18.3 Å². The molecule has 2 aliphatic rings. The third-order valence-electron chi connectivity index (χ3n) is 4.63. The largest absolute Gasteiger partial charge is 0.481 e. The summed E-state index contributed by atoms with van der Waals surface area (Å²) in [4.78, 5) is 50.3. The zero-order valence-corrected chi connectivity index (χ0v) is 14.7. The molecule has 0 radical (unpaired) electrons. The van der Waals surface area contributed by atoms with Gasteiger partial charge in [0.1, 0.15) is 12.4 Å². The molecular weight excluding hydrogens is 352 g/mol. The van der Waals surface area contributed by atoms with E-state index in [1.165, 1.54) is 0 Å². The summed E-state index contributed by atoms with van der Waals surface area (Å²) in [5, 5.41) is 2.41. The van der Waals surface area contributed by atoms with Gasteiger partial charge >= 0.3 is 6.03 Å². The molecule has 10 nitrogen and oxygen atoms in total. The quantitative estimate of drug-likeness (QED) is 0.726. The van der Waals surface area contributed by atoms with Crippen molar-refractivity contribution in [2.75, 3.05) is 26.7 Å². The van der Waals surface area contributed by atoms with Crippen molar-refractivity contribution in [2.45, 2.75) is 13.0 Å². The van der Waals surface area contributed by atoms with E-state index in [2.05, 4.69) is 20.3 Å². The second-order valence-corrected chi connectivity index (χ2v) is 6.30. The number of urea groups is 1. The highest BCUT2D eigenvalue weighted by Gasteiger charge is 2.33. The summed E-state index contributed by atoms with van der Waals surface area (Å²) in [6.07, 6.45) is 2.27. The minimum Gasteiger partial charge on any atom is -0.481 e. The van der Waals surface area contributed by atoms with Gasteiger partial charge in [-0.3, -0.25) is 14.5 Å². The molecule has 0 unspecified atom stereocenters. The molecule has 1 saturated heterocycles. The molecule has 4 rings (SSSR count). The van der Waals surface area contributed by atoms with Crippen molar-refractivity contribution in [3.63, 3.8) is 0 Å². The number of imide groups is 1. The molecule has 0 saturated carbocycles. The third-order valence-corrected chi connectivity index (χ3v) is 4.63. The fraction of sp³-hybridized carbons (Fsp3) is 0.353. The van der Waals surface area contributed by atoms with Crippen molar-refractivity contribution in [1.29, 1.82) is 0 Å². The van der Waals surface area contributed by atoms with Crippen molar-refractivity contribution in [3.05, 3.63) is 29.7 Å². The summed E-state index contributed by atoms with van der Waals surface area (Å²) < 4.78 is 5.05. The van der Waals surface area contributed by atoms with Crippen LogP contribution in [0.4, 0.5) is 4.79 Å². The first-order valence-corrected chi connectivity index (χ1v) is 8.49. The maximum atomic E-state index is 12.5. The number of methoxy groups -OCH3 is 1. The number of hydrogen-bond donors (Lipinski definition) is 2. The summed E-state index contributed by atoms with van der Waals surface area (Å²) in [5.41, 5.74) is 2.57. The number of nitrogens with one attached hydrogen (secondary N) is 2. The number of ether oxygens (including phenoxy) is 1. The number of H-pyrrole nitrogens is 1. The first-order valence-electron chi connectivity index (χ1n) is 8.49. The molecule has 0 aliphatic carbocycles. The van der Waals surface area contributed by atoms with E-state index >= 15 is 0 Å². The summed E-state index contributed by atoms with van der Waals surface area (Å²) >= 11 is 0. The van der Waals surface area contributed by atoms with Crippen LogP contribution >= 0.6 is 0 Å². The zero-order valence-electron chi connectivity index (χ0n) is 14.7. The standard InChI is InChI=1S/C17H18N6O4/c1-27-13-3-2-10(6-18-13)16-20-11-4-5-22(8-12(11)21-16)15(25)9-23-14(24)7-19-17(23)26/h2-3,6H,4-5,7-9H2,1H3,(H,19,26)(H,20,21). The molecule has 4 heterocycles. The van der Waals surface area contributed by atoms with Gasteiger partial charge in [-0.15, -0.1) is 0 Å². The van der Waals surface area contributed by atoms with Crippen molar-refractivity contribution >= 4 is 17.8 Å². The molecule has 2 aromatic heterocycles. The number of imidazole rings is 1. The summed E-state index contributed by atoms with van der Waals surface area (Å²) in [6, 6.07) is 3.09. The van der Waals surface area contributed by atoms with Gasteiger partial charge in [-0.2, -0.15) is 0 Å². The highest BCUT2D eigenvalue weighted by atomic mass is 16.5. The van der Waals surface area contributed by atoms with E-state index in [1.54, 1.807) is 24.3 Å². The normalized spacial score (nSPS) is 16.3. The Labute approximate surface area is 154 Å². The smallest absolute Gasteiger partial charge is 0.325 e. The van der Waals surface area contributed by atoms with Gasteiger partial charge in [0.2, 0.25) is 11.8 Å². The van der Waals surface area contributed by atoms with Gasteiger partial charge < -0.3 is 19.9 Å². The molecule has 2 N–H and O–H groups in total. The Balaban J connectivity index is 1.46. The summed E-state index contributed by atoms with van der Waals surface area (Å²) in [7, 11) is 1.55. The Kier molecular flexibility index (Phi) is 4.22. The number of pyridine rings is 1. The molecule has 0 aromatic carbocycles. The third kappa shape index (κ3) is 3.21. The number of hydrogen-bond acceptors (Lipinski definition) is 6. The molecule has 10 heteroatoms. The average Bonchev–Trinajstić information content (AvgIpc) is 3.25. The van der Waals surface area contributed by atoms with Crippen molar-refractivity contribution in [2.24, 2.45) is 0 Å². The molecule has 2 aromatic rings.